The van der Waals surface area contributed by atoms with Gasteiger partial charge in [0.25, 0.3) is 0 Å². The van der Waals surface area contributed by atoms with Gasteiger partial charge in [-0.25, -0.2) is 0 Å². The van der Waals surface area contributed by atoms with Crippen LogP contribution in [0.15, 0.2) is 18.2 Å². The molecule has 0 aliphatic carbocycles. The third kappa shape index (κ3) is 2.87. The lowest BCUT2D eigenvalue weighted by molar-refractivity contribution is 0.112. The van der Waals surface area contributed by atoms with Crippen LogP contribution in [0.4, 0.5) is 5.69 Å². The molecule has 0 radical (unpaired) electrons. The molecular weight excluding hydrogens is 166 g/mol. The molecule has 3 heteroatoms. The maximum absolute atomic E-state index is 10.5. The molecule has 0 unspecified atom stereocenters. The minimum absolute atomic E-state index is 0.747. The summed E-state index contributed by atoms with van der Waals surface area (Å²) in [5.74, 6) is 0. The smallest absolute Gasteiger partial charge is 0.150 e. The number of rotatable bonds is 2. The maximum atomic E-state index is 10.5. The van der Waals surface area contributed by atoms with Crippen LogP contribution in [0.2, 0.25) is 0 Å². The molecule has 72 valence electrons. The second-order valence-electron chi connectivity index (χ2n) is 2.39. The Bertz CT molecular complexity index is 272. The van der Waals surface area contributed by atoms with Crippen LogP contribution < -0.4 is 5.32 Å². The summed E-state index contributed by atoms with van der Waals surface area (Å²) >= 11 is 0. The van der Waals surface area contributed by atoms with Crippen molar-refractivity contribution in [1.29, 1.82) is 0 Å². The van der Waals surface area contributed by atoms with Gasteiger partial charge in [0.1, 0.15) is 6.29 Å². The number of aliphatic hydroxyl groups excluding tert-OH is 1. The molecule has 1 aromatic carbocycles. The first-order chi connectivity index (χ1) is 6.29. The number of carbonyl (C=O) groups excluding carboxylic acids is 1. The summed E-state index contributed by atoms with van der Waals surface area (Å²) in [5, 5.41) is 10.0. The van der Waals surface area contributed by atoms with Crippen LogP contribution in [0.25, 0.3) is 0 Å². The predicted octanol–water partition coefficient (Wildman–Crippen LogP) is 1.46. The van der Waals surface area contributed by atoms with E-state index in [0.29, 0.717) is 0 Å². The van der Waals surface area contributed by atoms with Gasteiger partial charge in [-0.1, -0.05) is 12.1 Å². The van der Waals surface area contributed by atoms with Crippen LogP contribution in [0.3, 0.4) is 0 Å². The Morgan fingerprint density at radius 2 is 2.00 bits per heavy atom. The number of nitrogens with one attached hydrogen (secondary N) is 1. The Hall–Kier alpha value is -1.35. The lowest BCUT2D eigenvalue weighted by atomic mass is 10.1. The van der Waals surface area contributed by atoms with Crippen LogP contribution in [0.5, 0.6) is 0 Å². The second-order valence-corrected chi connectivity index (χ2v) is 2.39. The highest BCUT2D eigenvalue weighted by Gasteiger charge is 1.99. The van der Waals surface area contributed by atoms with Gasteiger partial charge in [0.2, 0.25) is 0 Å². The number of hydrogen-bond acceptors (Lipinski definition) is 3. The lowest BCUT2D eigenvalue weighted by Gasteiger charge is -2.05. The monoisotopic (exact) mass is 181 g/mol. The largest absolute Gasteiger partial charge is 0.400 e. The van der Waals surface area contributed by atoms with E-state index >= 15 is 0 Å². The molecule has 0 fully saturated rings. The van der Waals surface area contributed by atoms with Gasteiger partial charge >= 0.3 is 0 Å². The van der Waals surface area contributed by atoms with Crippen molar-refractivity contribution < 1.29 is 9.90 Å². The molecule has 0 spiro atoms. The van der Waals surface area contributed by atoms with Crippen molar-refractivity contribution in [3.05, 3.63) is 29.3 Å². The predicted molar refractivity (Wildman–Crippen MR) is 54.3 cm³/mol. The number of carbonyl (C=O) groups is 1. The molecule has 0 saturated heterocycles. The van der Waals surface area contributed by atoms with Crippen molar-refractivity contribution in [2.24, 2.45) is 0 Å². The SMILES string of the molecule is CNc1cccc(C=O)c1C.CO. The van der Waals surface area contributed by atoms with E-state index in [0.717, 1.165) is 30.2 Å². The maximum Gasteiger partial charge on any atom is 0.150 e. The van der Waals surface area contributed by atoms with Gasteiger partial charge in [0.05, 0.1) is 0 Å². The van der Waals surface area contributed by atoms with Crippen LogP contribution in [-0.4, -0.2) is 25.6 Å². The zero-order chi connectivity index (χ0) is 10.3. The molecule has 0 amide bonds. The number of hydrogen-bond donors (Lipinski definition) is 2. The highest BCUT2D eigenvalue weighted by Crippen LogP contribution is 2.16. The van der Waals surface area contributed by atoms with Crippen LogP contribution in [-0.2, 0) is 0 Å². The van der Waals surface area contributed by atoms with E-state index < -0.39 is 0 Å². The molecule has 0 aromatic heterocycles. The third-order valence-corrected chi connectivity index (χ3v) is 1.77. The molecule has 1 aromatic rings. The van der Waals surface area contributed by atoms with E-state index in [4.69, 9.17) is 5.11 Å². The number of aldehydes is 1. The molecular formula is C10H15NO2. The Morgan fingerprint density at radius 3 is 2.46 bits per heavy atom. The molecule has 0 atom stereocenters. The van der Waals surface area contributed by atoms with E-state index in [1.807, 2.05) is 32.2 Å². The second kappa shape index (κ2) is 6.20. The summed E-state index contributed by atoms with van der Waals surface area (Å²) in [6.07, 6.45) is 0.871. The molecule has 13 heavy (non-hydrogen) atoms. The van der Waals surface area contributed by atoms with Gasteiger partial charge < -0.3 is 10.4 Å². The van der Waals surface area contributed by atoms with Crippen LogP contribution in [0.1, 0.15) is 15.9 Å². The molecule has 0 saturated carbocycles. The van der Waals surface area contributed by atoms with Crippen molar-refractivity contribution in [2.75, 3.05) is 19.5 Å². The number of benzene rings is 1. The van der Waals surface area contributed by atoms with Gasteiger partial charge in [-0.05, 0) is 18.6 Å². The quantitative estimate of drug-likeness (QED) is 0.679. The topological polar surface area (TPSA) is 49.3 Å². The highest BCUT2D eigenvalue weighted by atomic mass is 16.2. The fraction of sp³-hybridized carbons (Fsp3) is 0.300. The van der Waals surface area contributed by atoms with Gasteiger partial charge in [-0.15, -0.1) is 0 Å². The zero-order valence-corrected chi connectivity index (χ0v) is 8.16. The van der Waals surface area contributed by atoms with E-state index in [9.17, 15) is 4.79 Å². The summed E-state index contributed by atoms with van der Waals surface area (Å²) < 4.78 is 0. The van der Waals surface area contributed by atoms with E-state index in [1.165, 1.54) is 0 Å². The normalized spacial score (nSPS) is 8.31. The molecule has 3 nitrogen and oxygen atoms in total. The van der Waals surface area contributed by atoms with Crippen molar-refractivity contribution in [1.82, 2.24) is 0 Å². The van der Waals surface area contributed by atoms with Gasteiger partial charge in [-0.3, -0.25) is 4.79 Å². The third-order valence-electron chi connectivity index (χ3n) is 1.77. The summed E-state index contributed by atoms with van der Waals surface area (Å²) in [5.41, 5.74) is 2.76. The minimum Gasteiger partial charge on any atom is -0.400 e. The Kier molecular flexibility index (Phi) is 5.55. The summed E-state index contributed by atoms with van der Waals surface area (Å²) in [4.78, 5) is 10.5. The number of aliphatic hydroxyl groups is 1. The average Bonchev–Trinajstić information content (AvgIpc) is 2.21. The summed E-state index contributed by atoms with van der Waals surface area (Å²) in [6, 6.07) is 5.62. The molecule has 0 aliphatic rings. The van der Waals surface area contributed by atoms with Crippen molar-refractivity contribution in [3.63, 3.8) is 0 Å². The minimum atomic E-state index is 0.747. The van der Waals surface area contributed by atoms with E-state index in [1.54, 1.807) is 0 Å². The average molecular weight is 181 g/mol. The lowest BCUT2D eigenvalue weighted by Crippen LogP contribution is -1.94. The first kappa shape index (κ1) is 11.6. The van der Waals surface area contributed by atoms with Crippen molar-refractivity contribution in [2.45, 2.75) is 6.92 Å². The zero-order valence-electron chi connectivity index (χ0n) is 8.16. The first-order valence-corrected chi connectivity index (χ1v) is 3.97. The van der Waals surface area contributed by atoms with Gasteiger partial charge in [0, 0.05) is 25.4 Å². The Morgan fingerprint density at radius 1 is 1.38 bits per heavy atom. The molecule has 0 aliphatic heterocycles. The Labute approximate surface area is 78.4 Å². The fourth-order valence-electron chi connectivity index (χ4n) is 1.05. The molecule has 0 bridgehead atoms. The molecule has 1 rings (SSSR count). The Balaban J connectivity index is 0.000000671. The summed E-state index contributed by atoms with van der Waals surface area (Å²) in [6.45, 7) is 1.93. The molecule has 0 heterocycles. The summed E-state index contributed by atoms with van der Waals surface area (Å²) in [7, 11) is 2.84. The fourth-order valence-corrected chi connectivity index (χ4v) is 1.05. The van der Waals surface area contributed by atoms with E-state index in [2.05, 4.69) is 5.32 Å². The van der Waals surface area contributed by atoms with Crippen molar-refractivity contribution in [3.8, 4) is 0 Å². The van der Waals surface area contributed by atoms with Crippen LogP contribution >= 0.6 is 0 Å². The van der Waals surface area contributed by atoms with Gasteiger partial charge in [-0.2, -0.15) is 0 Å². The van der Waals surface area contributed by atoms with Crippen molar-refractivity contribution >= 4 is 12.0 Å². The molecule has 2 N–H and O–H groups in total. The standard InChI is InChI=1S/C9H11NO.CH4O/c1-7-8(6-11)4-3-5-9(7)10-2;1-2/h3-6,10H,1-2H3;2H,1H3. The van der Waals surface area contributed by atoms with E-state index in [-0.39, 0.29) is 0 Å². The van der Waals surface area contributed by atoms with Gasteiger partial charge in [0.15, 0.2) is 0 Å². The first-order valence-electron chi connectivity index (χ1n) is 3.97. The van der Waals surface area contributed by atoms with Crippen LogP contribution in [0, 0.1) is 6.92 Å². The number of anilines is 1. The highest BCUT2D eigenvalue weighted by molar-refractivity contribution is 5.80.